The zero-order valence-corrected chi connectivity index (χ0v) is 13.2. The summed E-state index contributed by atoms with van der Waals surface area (Å²) in [5.41, 5.74) is 5.27. The van der Waals surface area contributed by atoms with Crippen LogP contribution >= 0.6 is 0 Å². The van der Waals surface area contributed by atoms with Crippen molar-refractivity contribution in [3.63, 3.8) is 0 Å². The van der Waals surface area contributed by atoms with Crippen LogP contribution in [0, 0.1) is 12.7 Å². The Hall–Kier alpha value is -2.93. The number of fused-ring (bicyclic) bond motifs is 1. The normalized spacial score (nSPS) is 10.9. The van der Waals surface area contributed by atoms with Crippen molar-refractivity contribution in [3.8, 4) is 22.3 Å². The Labute approximate surface area is 141 Å². The van der Waals surface area contributed by atoms with Crippen molar-refractivity contribution in [1.82, 2.24) is 0 Å². The SMILES string of the molecule is [CH2]c1cccc(-c2ccc(F)cc2)c1-c1cccc2ccccc12. The Morgan fingerprint density at radius 3 is 2.12 bits per heavy atom. The molecule has 1 heteroatoms. The fourth-order valence-electron chi connectivity index (χ4n) is 3.23. The molecule has 0 N–H and O–H groups in total. The van der Waals surface area contributed by atoms with Gasteiger partial charge in [-0.25, -0.2) is 4.39 Å². The van der Waals surface area contributed by atoms with Crippen LogP contribution in [0.1, 0.15) is 5.56 Å². The van der Waals surface area contributed by atoms with Crippen molar-refractivity contribution in [2.24, 2.45) is 0 Å². The van der Waals surface area contributed by atoms with Gasteiger partial charge in [0.2, 0.25) is 0 Å². The lowest BCUT2D eigenvalue weighted by Crippen LogP contribution is -1.90. The highest BCUT2D eigenvalue weighted by Gasteiger charge is 2.12. The molecule has 0 unspecified atom stereocenters. The average molecular weight is 311 g/mol. The molecule has 0 spiro atoms. The fraction of sp³-hybridized carbons (Fsp3) is 0. The molecule has 1 radical (unpaired) electrons. The lowest BCUT2D eigenvalue weighted by Gasteiger charge is -2.15. The van der Waals surface area contributed by atoms with E-state index < -0.39 is 0 Å². The Morgan fingerprint density at radius 2 is 1.29 bits per heavy atom. The smallest absolute Gasteiger partial charge is 0.123 e. The van der Waals surface area contributed by atoms with Crippen LogP contribution in [0.2, 0.25) is 0 Å². The van der Waals surface area contributed by atoms with Gasteiger partial charge in [0.15, 0.2) is 0 Å². The first kappa shape index (κ1) is 14.6. The van der Waals surface area contributed by atoms with Crippen LogP contribution in [-0.4, -0.2) is 0 Å². The summed E-state index contributed by atoms with van der Waals surface area (Å²) in [4.78, 5) is 0. The quantitative estimate of drug-likeness (QED) is 0.396. The standard InChI is InChI=1S/C23H16F/c1-16-6-4-10-21(18-12-14-19(24)15-13-18)23(16)22-11-5-8-17-7-2-3-9-20(17)22/h2-15H,1H2. The summed E-state index contributed by atoms with van der Waals surface area (Å²) in [6.45, 7) is 4.23. The lowest BCUT2D eigenvalue weighted by molar-refractivity contribution is 0.628. The molecule has 0 aliphatic heterocycles. The molecule has 0 amide bonds. The van der Waals surface area contributed by atoms with Crippen molar-refractivity contribution in [1.29, 1.82) is 0 Å². The number of hydrogen-bond donors (Lipinski definition) is 0. The summed E-state index contributed by atoms with van der Waals surface area (Å²) < 4.78 is 13.3. The Balaban J connectivity index is 2.03. The number of hydrogen-bond acceptors (Lipinski definition) is 0. The molecule has 4 aromatic rings. The van der Waals surface area contributed by atoms with Gasteiger partial charge in [-0.05, 0) is 57.6 Å². The largest absolute Gasteiger partial charge is 0.207 e. The molecule has 24 heavy (non-hydrogen) atoms. The summed E-state index contributed by atoms with van der Waals surface area (Å²) in [5, 5.41) is 2.39. The summed E-state index contributed by atoms with van der Waals surface area (Å²) in [7, 11) is 0. The van der Waals surface area contributed by atoms with Gasteiger partial charge in [-0.1, -0.05) is 72.8 Å². The topological polar surface area (TPSA) is 0 Å². The van der Waals surface area contributed by atoms with E-state index >= 15 is 0 Å². The molecule has 0 aliphatic rings. The minimum Gasteiger partial charge on any atom is -0.207 e. The minimum absolute atomic E-state index is 0.226. The van der Waals surface area contributed by atoms with Gasteiger partial charge in [0.05, 0.1) is 0 Å². The first-order valence-electron chi connectivity index (χ1n) is 7.93. The van der Waals surface area contributed by atoms with Crippen molar-refractivity contribution in [3.05, 3.63) is 103 Å². The highest BCUT2D eigenvalue weighted by molar-refractivity contribution is 6.01. The molecule has 0 fully saturated rings. The second-order valence-corrected chi connectivity index (χ2v) is 5.87. The highest BCUT2D eigenvalue weighted by Crippen LogP contribution is 2.38. The summed E-state index contributed by atoms with van der Waals surface area (Å²) >= 11 is 0. The van der Waals surface area contributed by atoms with E-state index in [1.165, 1.54) is 22.9 Å². The predicted molar refractivity (Wildman–Crippen MR) is 99.2 cm³/mol. The third-order valence-corrected chi connectivity index (χ3v) is 4.36. The predicted octanol–water partition coefficient (Wildman–Crippen LogP) is 6.50. The molecule has 0 heterocycles. The van der Waals surface area contributed by atoms with Gasteiger partial charge in [0, 0.05) is 0 Å². The Bertz CT molecular complexity index is 1010. The van der Waals surface area contributed by atoms with Crippen LogP contribution in [0.15, 0.2) is 84.9 Å². The Morgan fingerprint density at radius 1 is 0.625 bits per heavy atom. The third-order valence-electron chi connectivity index (χ3n) is 4.36. The summed E-state index contributed by atoms with van der Waals surface area (Å²) in [6, 6.07) is 27.4. The zero-order valence-electron chi connectivity index (χ0n) is 13.2. The van der Waals surface area contributed by atoms with Crippen LogP contribution in [0.5, 0.6) is 0 Å². The highest BCUT2D eigenvalue weighted by atomic mass is 19.1. The van der Waals surface area contributed by atoms with E-state index in [1.54, 1.807) is 0 Å². The monoisotopic (exact) mass is 311 g/mol. The van der Waals surface area contributed by atoms with E-state index in [9.17, 15) is 4.39 Å². The number of benzene rings is 4. The average Bonchev–Trinajstić information content (AvgIpc) is 2.62. The van der Waals surface area contributed by atoms with Crippen LogP contribution in [0.25, 0.3) is 33.0 Å². The van der Waals surface area contributed by atoms with E-state index in [0.717, 1.165) is 27.8 Å². The van der Waals surface area contributed by atoms with Gasteiger partial charge >= 0.3 is 0 Å². The molecule has 0 saturated carbocycles. The summed E-state index contributed by atoms with van der Waals surface area (Å²) in [5.74, 6) is -0.226. The van der Waals surface area contributed by atoms with E-state index in [0.29, 0.717) is 0 Å². The van der Waals surface area contributed by atoms with Gasteiger partial charge in [0.25, 0.3) is 0 Å². The van der Waals surface area contributed by atoms with E-state index in [1.807, 2.05) is 30.3 Å². The van der Waals surface area contributed by atoms with Crippen LogP contribution in [0.4, 0.5) is 4.39 Å². The molecule has 0 aliphatic carbocycles. The van der Waals surface area contributed by atoms with Crippen LogP contribution in [0.3, 0.4) is 0 Å². The zero-order chi connectivity index (χ0) is 16.5. The minimum atomic E-state index is -0.226. The Kier molecular flexibility index (Phi) is 3.62. The summed E-state index contributed by atoms with van der Waals surface area (Å²) in [6.07, 6.45) is 0. The van der Waals surface area contributed by atoms with E-state index in [4.69, 9.17) is 0 Å². The number of rotatable bonds is 2. The van der Waals surface area contributed by atoms with Crippen molar-refractivity contribution in [2.45, 2.75) is 0 Å². The first-order chi connectivity index (χ1) is 11.7. The molecule has 0 atom stereocenters. The maximum Gasteiger partial charge on any atom is 0.123 e. The van der Waals surface area contributed by atoms with Crippen molar-refractivity contribution in [2.75, 3.05) is 0 Å². The second kappa shape index (κ2) is 5.93. The van der Waals surface area contributed by atoms with Crippen LogP contribution < -0.4 is 0 Å². The molecule has 0 bridgehead atoms. The van der Waals surface area contributed by atoms with Gasteiger partial charge in [-0.15, -0.1) is 0 Å². The van der Waals surface area contributed by atoms with Gasteiger partial charge in [-0.3, -0.25) is 0 Å². The van der Waals surface area contributed by atoms with Crippen molar-refractivity contribution >= 4 is 10.8 Å². The molecule has 0 saturated heterocycles. The molecule has 115 valence electrons. The lowest BCUT2D eigenvalue weighted by atomic mass is 9.88. The molecular formula is C23H16F. The first-order valence-corrected chi connectivity index (χ1v) is 7.93. The van der Waals surface area contributed by atoms with E-state index in [2.05, 4.69) is 49.4 Å². The third kappa shape index (κ3) is 2.48. The van der Waals surface area contributed by atoms with Crippen LogP contribution in [-0.2, 0) is 0 Å². The fourth-order valence-corrected chi connectivity index (χ4v) is 3.23. The molecular weight excluding hydrogens is 295 g/mol. The molecule has 4 aromatic carbocycles. The van der Waals surface area contributed by atoms with Gasteiger partial charge in [-0.2, -0.15) is 0 Å². The molecule has 0 aromatic heterocycles. The maximum absolute atomic E-state index is 13.3. The maximum atomic E-state index is 13.3. The molecule has 4 rings (SSSR count). The van der Waals surface area contributed by atoms with Gasteiger partial charge < -0.3 is 0 Å². The van der Waals surface area contributed by atoms with Gasteiger partial charge in [0.1, 0.15) is 5.82 Å². The number of halogens is 1. The van der Waals surface area contributed by atoms with Crippen molar-refractivity contribution < 1.29 is 4.39 Å². The van der Waals surface area contributed by atoms with E-state index in [-0.39, 0.29) is 5.82 Å². The second-order valence-electron chi connectivity index (χ2n) is 5.87. The molecule has 0 nitrogen and oxygen atoms in total.